The Hall–Kier alpha value is -2.05. The molecule has 3 atom stereocenters. The van der Waals surface area contributed by atoms with Gasteiger partial charge in [0.1, 0.15) is 0 Å². The molecule has 130 valence electrons. The molecule has 1 aromatic carbocycles. The van der Waals surface area contributed by atoms with Crippen LogP contribution in [0.15, 0.2) is 24.3 Å². The third-order valence-corrected chi connectivity index (χ3v) is 4.86. The second kappa shape index (κ2) is 6.11. The number of benzene rings is 1. The van der Waals surface area contributed by atoms with Crippen LogP contribution in [0, 0.1) is 11.8 Å². The van der Waals surface area contributed by atoms with E-state index in [9.17, 15) is 22.8 Å². The van der Waals surface area contributed by atoms with Crippen LogP contribution in [0.4, 0.5) is 13.2 Å². The summed E-state index contributed by atoms with van der Waals surface area (Å²) in [5.74, 6) is -2.63. The molecule has 1 amide bonds. The van der Waals surface area contributed by atoms with Crippen molar-refractivity contribution in [2.75, 3.05) is 13.1 Å². The third-order valence-electron chi connectivity index (χ3n) is 4.86. The number of amides is 1. The minimum absolute atomic E-state index is 0.151. The second-order valence-corrected chi connectivity index (χ2v) is 6.50. The van der Waals surface area contributed by atoms with E-state index in [1.807, 2.05) is 0 Å². The van der Waals surface area contributed by atoms with Crippen molar-refractivity contribution in [2.24, 2.45) is 11.8 Å². The standard InChI is InChI=1S/C17H18F3NO3/c18-17(19,20)14-6-2-1-5-11(14)12-8-13(12)15(22)21-7-3-4-10(9-21)16(23)24/h1-2,5-6,10,12-13H,3-4,7-9H2,(H,23,24)/t10-,12+,13+/m0/s1. The normalized spacial score (nSPS) is 27.0. The number of likely N-dealkylation sites (tertiary alicyclic amines) is 1. The molecule has 2 aliphatic rings. The number of carboxylic acid groups (broad SMARTS) is 1. The monoisotopic (exact) mass is 341 g/mol. The van der Waals surface area contributed by atoms with Gasteiger partial charge in [-0.2, -0.15) is 13.2 Å². The van der Waals surface area contributed by atoms with E-state index >= 15 is 0 Å². The molecule has 1 aliphatic carbocycles. The van der Waals surface area contributed by atoms with Gasteiger partial charge in [-0.1, -0.05) is 18.2 Å². The van der Waals surface area contributed by atoms with Gasteiger partial charge in [-0.05, 0) is 36.8 Å². The molecule has 1 heterocycles. The molecular formula is C17H18F3NO3. The number of rotatable bonds is 3. The van der Waals surface area contributed by atoms with Gasteiger partial charge in [0.15, 0.2) is 0 Å². The first kappa shape index (κ1) is 16.8. The highest BCUT2D eigenvalue weighted by atomic mass is 19.4. The Bertz CT molecular complexity index is 659. The highest BCUT2D eigenvalue weighted by molar-refractivity contribution is 5.84. The van der Waals surface area contributed by atoms with Crippen LogP contribution in [-0.2, 0) is 15.8 Å². The van der Waals surface area contributed by atoms with Gasteiger partial charge in [-0.25, -0.2) is 0 Å². The van der Waals surface area contributed by atoms with Crippen molar-refractivity contribution in [1.82, 2.24) is 4.90 Å². The minimum atomic E-state index is -4.44. The number of carbonyl (C=O) groups is 2. The zero-order valence-electron chi connectivity index (χ0n) is 12.9. The number of carbonyl (C=O) groups excluding carboxylic acids is 1. The lowest BCUT2D eigenvalue weighted by Crippen LogP contribution is -2.43. The molecule has 2 fully saturated rings. The summed E-state index contributed by atoms with van der Waals surface area (Å²) in [6.45, 7) is 0.630. The highest BCUT2D eigenvalue weighted by Gasteiger charge is 2.49. The summed E-state index contributed by atoms with van der Waals surface area (Å²) in [6, 6.07) is 5.35. The Kier molecular flexibility index (Phi) is 4.27. The number of carboxylic acids is 1. The molecule has 3 rings (SSSR count). The average Bonchev–Trinajstić information content (AvgIpc) is 3.34. The first-order valence-electron chi connectivity index (χ1n) is 7.96. The van der Waals surface area contributed by atoms with Crippen LogP contribution in [0.25, 0.3) is 0 Å². The van der Waals surface area contributed by atoms with Gasteiger partial charge >= 0.3 is 12.1 Å². The number of halogens is 3. The predicted octanol–water partition coefficient (Wildman–Crippen LogP) is 3.13. The number of hydrogen-bond donors (Lipinski definition) is 1. The molecule has 1 saturated carbocycles. The molecule has 24 heavy (non-hydrogen) atoms. The lowest BCUT2D eigenvalue weighted by Gasteiger charge is -2.31. The van der Waals surface area contributed by atoms with Gasteiger partial charge in [0, 0.05) is 19.0 Å². The first-order valence-corrected chi connectivity index (χ1v) is 7.96. The van der Waals surface area contributed by atoms with Crippen molar-refractivity contribution in [2.45, 2.75) is 31.4 Å². The average molecular weight is 341 g/mol. The molecule has 1 saturated heterocycles. The predicted molar refractivity (Wildman–Crippen MR) is 79.2 cm³/mol. The Morgan fingerprint density at radius 2 is 1.92 bits per heavy atom. The molecule has 1 aliphatic heterocycles. The van der Waals surface area contributed by atoms with Crippen LogP contribution >= 0.6 is 0 Å². The number of nitrogens with zero attached hydrogens (tertiary/aromatic N) is 1. The summed E-state index contributed by atoms with van der Waals surface area (Å²) >= 11 is 0. The van der Waals surface area contributed by atoms with Crippen molar-refractivity contribution >= 4 is 11.9 Å². The number of aliphatic carboxylic acids is 1. The molecule has 0 spiro atoms. The number of hydrogen-bond acceptors (Lipinski definition) is 2. The van der Waals surface area contributed by atoms with Gasteiger partial charge in [0.25, 0.3) is 0 Å². The van der Waals surface area contributed by atoms with Crippen LogP contribution in [0.1, 0.15) is 36.3 Å². The Labute approximate surface area is 137 Å². The molecule has 0 unspecified atom stereocenters. The first-order chi connectivity index (χ1) is 11.3. The van der Waals surface area contributed by atoms with E-state index in [0.717, 1.165) is 6.07 Å². The largest absolute Gasteiger partial charge is 0.481 e. The maximum atomic E-state index is 13.1. The smallest absolute Gasteiger partial charge is 0.416 e. The summed E-state index contributed by atoms with van der Waals surface area (Å²) in [6.07, 6.45) is -2.91. The van der Waals surface area contributed by atoms with Crippen LogP contribution in [0.3, 0.4) is 0 Å². The quantitative estimate of drug-likeness (QED) is 0.919. The van der Waals surface area contributed by atoms with E-state index < -0.39 is 35.5 Å². The highest BCUT2D eigenvalue weighted by Crippen LogP contribution is 2.51. The zero-order valence-corrected chi connectivity index (χ0v) is 12.9. The van der Waals surface area contributed by atoms with Crippen molar-refractivity contribution in [3.63, 3.8) is 0 Å². The third kappa shape index (κ3) is 3.25. The summed E-state index contributed by atoms with van der Waals surface area (Å²) < 4.78 is 39.3. The minimum Gasteiger partial charge on any atom is -0.481 e. The number of piperidine rings is 1. The fraction of sp³-hybridized carbons (Fsp3) is 0.529. The van der Waals surface area contributed by atoms with Gasteiger partial charge in [0.2, 0.25) is 5.91 Å². The molecule has 4 nitrogen and oxygen atoms in total. The Balaban J connectivity index is 1.72. The van der Waals surface area contributed by atoms with E-state index in [-0.39, 0.29) is 18.0 Å². The lowest BCUT2D eigenvalue weighted by atomic mass is 9.97. The van der Waals surface area contributed by atoms with Crippen molar-refractivity contribution in [1.29, 1.82) is 0 Å². The second-order valence-electron chi connectivity index (χ2n) is 6.50. The summed E-state index contributed by atoms with van der Waals surface area (Å²) in [4.78, 5) is 25.1. The van der Waals surface area contributed by atoms with Gasteiger partial charge in [-0.3, -0.25) is 9.59 Å². The fourth-order valence-corrected chi connectivity index (χ4v) is 3.50. The summed E-state index contributed by atoms with van der Waals surface area (Å²) in [5, 5.41) is 9.08. The molecule has 7 heteroatoms. The topological polar surface area (TPSA) is 57.6 Å². The number of alkyl halides is 3. The van der Waals surface area contributed by atoms with Crippen LogP contribution in [0.5, 0.6) is 0 Å². The van der Waals surface area contributed by atoms with Crippen LogP contribution < -0.4 is 0 Å². The molecule has 0 bridgehead atoms. The molecule has 1 N–H and O–H groups in total. The van der Waals surface area contributed by atoms with Gasteiger partial charge in [-0.15, -0.1) is 0 Å². The lowest BCUT2D eigenvalue weighted by molar-refractivity contribution is -0.146. The maximum absolute atomic E-state index is 13.1. The van der Waals surface area contributed by atoms with Crippen molar-refractivity contribution in [3.05, 3.63) is 35.4 Å². The Morgan fingerprint density at radius 1 is 1.21 bits per heavy atom. The van der Waals surface area contributed by atoms with E-state index in [0.29, 0.717) is 25.8 Å². The van der Waals surface area contributed by atoms with Gasteiger partial charge < -0.3 is 10.0 Å². The zero-order chi connectivity index (χ0) is 17.5. The van der Waals surface area contributed by atoms with Crippen molar-refractivity contribution in [3.8, 4) is 0 Å². The molecule has 0 aromatic heterocycles. The molecular weight excluding hydrogens is 323 g/mol. The SMILES string of the molecule is O=C(O)[C@H]1CCCN(C(=O)[C@@H]2C[C@@H]2c2ccccc2C(F)(F)F)C1. The van der Waals surface area contributed by atoms with E-state index in [4.69, 9.17) is 5.11 Å². The van der Waals surface area contributed by atoms with Gasteiger partial charge in [0.05, 0.1) is 11.5 Å². The van der Waals surface area contributed by atoms with Crippen LogP contribution in [0.2, 0.25) is 0 Å². The van der Waals surface area contributed by atoms with E-state index in [1.165, 1.54) is 17.0 Å². The van der Waals surface area contributed by atoms with E-state index in [2.05, 4.69) is 0 Å². The summed E-state index contributed by atoms with van der Waals surface area (Å²) in [5.41, 5.74) is -0.525. The van der Waals surface area contributed by atoms with E-state index in [1.54, 1.807) is 6.07 Å². The summed E-state index contributed by atoms with van der Waals surface area (Å²) in [7, 11) is 0. The van der Waals surface area contributed by atoms with Crippen LogP contribution in [-0.4, -0.2) is 35.0 Å². The fourth-order valence-electron chi connectivity index (χ4n) is 3.50. The molecule has 0 radical (unpaired) electrons. The van der Waals surface area contributed by atoms with Crippen molar-refractivity contribution < 1.29 is 27.9 Å². The maximum Gasteiger partial charge on any atom is 0.416 e. The Morgan fingerprint density at radius 3 is 2.58 bits per heavy atom. The molecule has 1 aromatic rings.